The van der Waals surface area contributed by atoms with Crippen LogP contribution in [0.25, 0.3) is 0 Å². The summed E-state index contributed by atoms with van der Waals surface area (Å²) in [5, 5.41) is 11.1. The molecule has 1 aliphatic heterocycles. The van der Waals surface area contributed by atoms with Crippen LogP contribution >= 0.6 is 0 Å². The van der Waals surface area contributed by atoms with Gasteiger partial charge in [-0.2, -0.15) is 0 Å². The smallest absolute Gasteiger partial charge is 0.334 e. The third-order valence-electron chi connectivity index (χ3n) is 4.70. The SMILES string of the molecule is COC(=O)C1(N(O)C(=O)Cc2c(C)cc(C)cc2C)CCOCC1. The van der Waals surface area contributed by atoms with Crippen molar-refractivity contribution in [1.29, 1.82) is 0 Å². The van der Waals surface area contributed by atoms with E-state index in [0.717, 1.165) is 22.3 Å². The average Bonchev–Trinajstić information content (AvgIpc) is 2.56. The number of benzene rings is 1. The summed E-state index contributed by atoms with van der Waals surface area (Å²) in [7, 11) is 1.26. The van der Waals surface area contributed by atoms with Gasteiger partial charge < -0.3 is 9.47 Å². The van der Waals surface area contributed by atoms with Crippen LogP contribution in [-0.4, -0.2) is 48.0 Å². The van der Waals surface area contributed by atoms with Crippen molar-refractivity contribution in [1.82, 2.24) is 5.06 Å². The van der Waals surface area contributed by atoms with E-state index in [1.807, 2.05) is 32.9 Å². The van der Waals surface area contributed by atoms with Gasteiger partial charge in [0, 0.05) is 26.1 Å². The van der Waals surface area contributed by atoms with Crippen molar-refractivity contribution >= 4 is 11.9 Å². The van der Waals surface area contributed by atoms with Crippen molar-refractivity contribution < 1.29 is 24.3 Å². The van der Waals surface area contributed by atoms with E-state index in [1.165, 1.54) is 7.11 Å². The van der Waals surface area contributed by atoms with E-state index in [1.54, 1.807) is 0 Å². The Labute approximate surface area is 142 Å². The number of esters is 1. The monoisotopic (exact) mass is 335 g/mol. The Morgan fingerprint density at radius 3 is 2.25 bits per heavy atom. The lowest BCUT2D eigenvalue weighted by Gasteiger charge is -2.39. The van der Waals surface area contributed by atoms with Crippen LogP contribution < -0.4 is 0 Å². The van der Waals surface area contributed by atoms with Crippen molar-refractivity contribution in [3.63, 3.8) is 0 Å². The van der Waals surface area contributed by atoms with Crippen LogP contribution in [0.3, 0.4) is 0 Å². The molecule has 132 valence electrons. The number of hydrogen-bond donors (Lipinski definition) is 1. The summed E-state index contributed by atoms with van der Waals surface area (Å²) in [5.74, 6) is -1.13. The fourth-order valence-electron chi connectivity index (χ4n) is 3.36. The molecular formula is C18H25NO5. The first-order valence-electron chi connectivity index (χ1n) is 8.06. The van der Waals surface area contributed by atoms with Gasteiger partial charge in [-0.25, -0.2) is 9.86 Å². The van der Waals surface area contributed by atoms with Gasteiger partial charge in [0.05, 0.1) is 13.5 Å². The maximum Gasteiger partial charge on any atom is 0.334 e. The predicted octanol–water partition coefficient (Wildman–Crippen LogP) is 2.09. The fourth-order valence-corrected chi connectivity index (χ4v) is 3.36. The zero-order chi connectivity index (χ0) is 17.9. The number of nitrogens with zero attached hydrogens (tertiary/aromatic N) is 1. The second kappa shape index (κ2) is 7.32. The van der Waals surface area contributed by atoms with Crippen molar-refractivity contribution in [3.8, 4) is 0 Å². The van der Waals surface area contributed by atoms with E-state index >= 15 is 0 Å². The summed E-state index contributed by atoms with van der Waals surface area (Å²) >= 11 is 0. The van der Waals surface area contributed by atoms with Crippen LogP contribution in [0.15, 0.2) is 12.1 Å². The summed E-state index contributed by atoms with van der Waals surface area (Å²) in [5.41, 5.74) is 2.62. The Balaban J connectivity index is 2.26. The van der Waals surface area contributed by atoms with Crippen molar-refractivity contribution in [2.24, 2.45) is 0 Å². The van der Waals surface area contributed by atoms with Gasteiger partial charge in [-0.05, 0) is 37.5 Å². The zero-order valence-corrected chi connectivity index (χ0v) is 14.7. The van der Waals surface area contributed by atoms with Crippen LogP contribution in [-0.2, 0) is 25.5 Å². The lowest BCUT2D eigenvalue weighted by Crippen LogP contribution is -2.59. The molecule has 1 saturated heterocycles. The Bertz CT molecular complexity index is 611. The third-order valence-corrected chi connectivity index (χ3v) is 4.70. The average molecular weight is 335 g/mol. The van der Waals surface area contributed by atoms with Crippen LogP contribution in [0, 0.1) is 20.8 Å². The molecule has 6 nitrogen and oxygen atoms in total. The van der Waals surface area contributed by atoms with Crippen LogP contribution in [0.1, 0.15) is 35.1 Å². The Morgan fingerprint density at radius 1 is 1.21 bits per heavy atom. The van der Waals surface area contributed by atoms with Crippen LogP contribution in [0.5, 0.6) is 0 Å². The molecule has 1 heterocycles. The number of hydrogen-bond acceptors (Lipinski definition) is 5. The molecule has 0 spiro atoms. The van der Waals surface area contributed by atoms with Crippen molar-refractivity contribution in [2.45, 2.75) is 45.6 Å². The molecule has 0 bridgehead atoms. The third kappa shape index (κ3) is 3.44. The standard InChI is InChI=1S/C18H25NO5/c1-12-9-13(2)15(14(3)10-12)11-16(20)19(22)18(17(21)23-4)5-7-24-8-6-18/h9-10,22H,5-8,11H2,1-4H3. The number of aryl methyl sites for hydroxylation is 3. The number of ether oxygens (including phenoxy) is 2. The van der Waals surface area contributed by atoms with E-state index in [-0.39, 0.29) is 19.3 Å². The van der Waals surface area contributed by atoms with Gasteiger partial charge in [0.25, 0.3) is 5.91 Å². The Morgan fingerprint density at radius 2 is 1.75 bits per heavy atom. The summed E-state index contributed by atoms with van der Waals surface area (Å²) in [6.07, 6.45) is 0.468. The van der Waals surface area contributed by atoms with Crippen LogP contribution in [0.4, 0.5) is 0 Å². The van der Waals surface area contributed by atoms with Crippen molar-refractivity contribution in [3.05, 3.63) is 34.4 Å². The largest absolute Gasteiger partial charge is 0.467 e. The Hall–Kier alpha value is -1.92. The molecule has 0 aliphatic carbocycles. The molecule has 1 N–H and O–H groups in total. The minimum absolute atomic E-state index is 0.0358. The second-order valence-electron chi connectivity index (χ2n) is 6.40. The first-order chi connectivity index (χ1) is 11.3. The zero-order valence-electron chi connectivity index (χ0n) is 14.7. The molecule has 1 aromatic carbocycles. The maximum absolute atomic E-state index is 12.7. The summed E-state index contributed by atoms with van der Waals surface area (Å²) in [6.45, 7) is 6.46. The molecule has 24 heavy (non-hydrogen) atoms. The van der Waals surface area contributed by atoms with Gasteiger partial charge in [-0.15, -0.1) is 0 Å². The number of carbonyl (C=O) groups excluding carboxylic acids is 2. The predicted molar refractivity (Wildman–Crippen MR) is 87.8 cm³/mol. The highest BCUT2D eigenvalue weighted by molar-refractivity contribution is 5.88. The van der Waals surface area contributed by atoms with Gasteiger partial charge in [0.2, 0.25) is 0 Å². The highest BCUT2D eigenvalue weighted by Crippen LogP contribution is 2.29. The number of carbonyl (C=O) groups is 2. The quantitative estimate of drug-likeness (QED) is 0.518. The topological polar surface area (TPSA) is 76.1 Å². The van der Waals surface area contributed by atoms with Gasteiger partial charge in [-0.3, -0.25) is 10.0 Å². The molecule has 6 heteroatoms. The number of rotatable bonds is 4. The van der Waals surface area contributed by atoms with Crippen molar-refractivity contribution in [2.75, 3.05) is 20.3 Å². The normalized spacial score (nSPS) is 16.5. The van der Waals surface area contributed by atoms with E-state index in [2.05, 4.69) is 0 Å². The van der Waals surface area contributed by atoms with E-state index in [9.17, 15) is 14.8 Å². The van der Waals surface area contributed by atoms with Gasteiger partial charge in [0.1, 0.15) is 0 Å². The molecule has 1 aliphatic rings. The summed E-state index contributed by atoms with van der Waals surface area (Å²) < 4.78 is 10.1. The lowest BCUT2D eigenvalue weighted by molar-refractivity contribution is -0.217. The van der Waals surface area contributed by atoms with Gasteiger partial charge in [-0.1, -0.05) is 17.7 Å². The maximum atomic E-state index is 12.7. The first-order valence-corrected chi connectivity index (χ1v) is 8.06. The highest BCUT2D eigenvalue weighted by atomic mass is 16.6. The minimum Gasteiger partial charge on any atom is -0.467 e. The molecular weight excluding hydrogens is 310 g/mol. The van der Waals surface area contributed by atoms with E-state index in [4.69, 9.17) is 9.47 Å². The molecule has 0 aromatic heterocycles. The fraction of sp³-hybridized carbons (Fsp3) is 0.556. The number of hydroxylamine groups is 2. The molecule has 0 saturated carbocycles. The lowest BCUT2D eigenvalue weighted by atomic mass is 9.88. The number of methoxy groups -OCH3 is 1. The minimum atomic E-state index is -1.36. The summed E-state index contributed by atoms with van der Waals surface area (Å²) in [6, 6.07) is 4.00. The molecule has 1 aromatic rings. The van der Waals surface area contributed by atoms with Gasteiger partial charge >= 0.3 is 5.97 Å². The molecule has 1 amide bonds. The molecule has 2 rings (SSSR count). The van der Waals surface area contributed by atoms with E-state index in [0.29, 0.717) is 18.3 Å². The second-order valence-corrected chi connectivity index (χ2v) is 6.40. The Kier molecular flexibility index (Phi) is 5.62. The van der Waals surface area contributed by atoms with Crippen LogP contribution in [0.2, 0.25) is 0 Å². The van der Waals surface area contributed by atoms with E-state index < -0.39 is 17.4 Å². The number of amides is 1. The molecule has 0 unspecified atom stereocenters. The molecule has 1 fully saturated rings. The van der Waals surface area contributed by atoms with Gasteiger partial charge in [0.15, 0.2) is 5.54 Å². The molecule has 0 atom stereocenters. The molecule has 0 radical (unpaired) electrons. The highest BCUT2D eigenvalue weighted by Gasteiger charge is 2.48. The summed E-state index contributed by atoms with van der Waals surface area (Å²) in [4.78, 5) is 24.9. The first kappa shape index (κ1) is 18.4.